The molecule has 0 aliphatic carbocycles. The Morgan fingerprint density at radius 1 is 0.537 bits per heavy atom. The number of aromatic nitrogens is 3. The number of fused-ring (bicyclic) bond motifs is 12. The summed E-state index contributed by atoms with van der Waals surface area (Å²) in [7, 11) is 0. The summed E-state index contributed by atoms with van der Waals surface area (Å²) in [4.78, 5) is 13.1. The molecule has 10 rings (SSSR count). The van der Waals surface area contributed by atoms with Crippen LogP contribution in [0, 0.1) is 0 Å². The zero-order valence-corrected chi connectivity index (χ0v) is 23.3. The average Bonchev–Trinajstić information content (AvgIpc) is 3.58. The average molecular weight is 558 g/mol. The highest BCUT2D eigenvalue weighted by Gasteiger charge is 2.26. The molecule has 3 nitrogen and oxygen atoms in total. The van der Waals surface area contributed by atoms with Crippen LogP contribution in [0.3, 0.4) is 0 Å². The lowest BCUT2D eigenvalue weighted by atomic mass is 9.99. The summed E-state index contributed by atoms with van der Waals surface area (Å²) in [5.41, 5.74) is 5.46. The first-order chi connectivity index (χ1) is 20.3. The van der Waals surface area contributed by atoms with E-state index in [-0.39, 0.29) is 0 Å². The van der Waals surface area contributed by atoms with Crippen molar-refractivity contribution in [1.82, 2.24) is 14.5 Å². The van der Waals surface area contributed by atoms with Gasteiger partial charge in [-0.2, -0.15) is 0 Å². The van der Waals surface area contributed by atoms with Crippen molar-refractivity contribution < 1.29 is 0 Å². The smallest absolute Gasteiger partial charge is 0.235 e. The van der Waals surface area contributed by atoms with Crippen molar-refractivity contribution in [3.8, 4) is 17.2 Å². The molecule has 3 aromatic heterocycles. The van der Waals surface area contributed by atoms with Gasteiger partial charge >= 0.3 is 0 Å². The number of rotatable bonds is 1. The number of para-hydroxylation sites is 1. The third-order valence-corrected chi connectivity index (χ3v) is 10.7. The Labute approximate surface area is 242 Å². The molecule has 0 atom stereocenters. The van der Waals surface area contributed by atoms with E-state index in [2.05, 4.69) is 120 Å². The van der Waals surface area contributed by atoms with E-state index in [1.807, 2.05) is 11.3 Å². The minimum Gasteiger partial charge on any atom is -0.276 e. The molecule has 41 heavy (non-hydrogen) atoms. The minimum absolute atomic E-state index is 0.714. The molecular formula is C36H19N3S2. The van der Waals surface area contributed by atoms with E-state index in [0.717, 1.165) is 22.1 Å². The second-order valence-corrected chi connectivity index (χ2v) is 12.7. The highest BCUT2D eigenvalue weighted by atomic mass is 32.2. The van der Waals surface area contributed by atoms with E-state index >= 15 is 0 Å². The topological polar surface area (TPSA) is 30.7 Å². The van der Waals surface area contributed by atoms with Crippen LogP contribution in [-0.2, 0) is 0 Å². The molecule has 1 aliphatic rings. The SMILES string of the molecule is c1ccc2c(c1)Sc1cccc3nc(-n4c5ccccc5c5c6ccccc6c6c7ccccc7sc6c54)nc-2c13. The van der Waals surface area contributed by atoms with Crippen LogP contribution in [0.1, 0.15) is 0 Å². The molecule has 0 bridgehead atoms. The fourth-order valence-corrected chi connectivity index (χ4v) is 9.09. The summed E-state index contributed by atoms with van der Waals surface area (Å²) in [5.74, 6) is 0.714. The Balaban J connectivity index is 1.46. The zero-order valence-electron chi connectivity index (χ0n) is 21.6. The number of nitrogens with zero attached hydrogens (tertiary/aromatic N) is 3. The van der Waals surface area contributed by atoms with Crippen LogP contribution in [0.2, 0.25) is 0 Å². The molecule has 5 heteroatoms. The van der Waals surface area contributed by atoms with Gasteiger partial charge in [-0.3, -0.25) is 4.57 Å². The normalized spacial score (nSPS) is 12.8. The van der Waals surface area contributed by atoms with Crippen molar-refractivity contribution in [2.24, 2.45) is 0 Å². The first-order valence-electron chi connectivity index (χ1n) is 13.7. The van der Waals surface area contributed by atoms with Crippen LogP contribution in [0.15, 0.2) is 125 Å². The highest BCUT2D eigenvalue weighted by Crippen LogP contribution is 2.49. The van der Waals surface area contributed by atoms with E-state index in [0.29, 0.717) is 5.95 Å². The van der Waals surface area contributed by atoms with E-state index in [4.69, 9.17) is 9.97 Å². The second-order valence-electron chi connectivity index (χ2n) is 10.5. The highest BCUT2D eigenvalue weighted by molar-refractivity contribution is 7.99. The van der Waals surface area contributed by atoms with Crippen molar-refractivity contribution in [3.63, 3.8) is 0 Å². The largest absolute Gasteiger partial charge is 0.276 e. The maximum atomic E-state index is 5.40. The fourth-order valence-electron chi connectivity index (χ4n) is 6.72. The third-order valence-electron chi connectivity index (χ3n) is 8.39. The number of hydrogen-bond donors (Lipinski definition) is 0. The lowest BCUT2D eigenvalue weighted by Crippen LogP contribution is -2.05. The molecule has 0 N–H and O–H groups in total. The van der Waals surface area contributed by atoms with Crippen LogP contribution in [-0.4, -0.2) is 14.5 Å². The van der Waals surface area contributed by atoms with Crippen molar-refractivity contribution in [1.29, 1.82) is 0 Å². The van der Waals surface area contributed by atoms with Gasteiger partial charge in [0, 0.05) is 47.0 Å². The van der Waals surface area contributed by atoms with Gasteiger partial charge in [-0.15, -0.1) is 11.3 Å². The monoisotopic (exact) mass is 557 g/mol. The van der Waals surface area contributed by atoms with Crippen LogP contribution >= 0.6 is 23.1 Å². The molecule has 0 amide bonds. The quantitative estimate of drug-likeness (QED) is 0.201. The Bertz CT molecular complexity index is 2570. The van der Waals surface area contributed by atoms with Gasteiger partial charge in [-0.25, -0.2) is 9.97 Å². The molecule has 190 valence electrons. The van der Waals surface area contributed by atoms with Crippen LogP contribution in [0.25, 0.3) is 80.9 Å². The summed E-state index contributed by atoms with van der Waals surface area (Å²) in [6.45, 7) is 0. The Morgan fingerprint density at radius 2 is 1.24 bits per heavy atom. The van der Waals surface area contributed by atoms with Crippen molar-refractivity contribution in [3.05, 3.63) is 115 Å². The third kappa shape index (κ3) is 2.84. The van der Waals surface area contributed by atoms with Crippen molar-refractivity contribution in [2.45, 2.75) is 9.79 Å². The van der Waals surface area contributed by atoms with Crippen LogP contribution in [0.4, 0.5) is 0 Å². The molecule has 0 unspecified atom stereocenters. The lowest BCUT2D eigenvalue weighted by Gasteiger charge is -2.20. The summed E-state index contributed by atoms with van der Waals surface area (Å²) in [6, 6.07) is 41.4. The molecule has 0 saturated heterocycles. The maximum Gasteiger partial charge on any atom is 0.235 e. The van der Waals surface area contributed by atoms with Gasteiger partial charge in [0.2, 0.25) is 5.95 Å². The summed E-state index contributed by atoms with van der Waals surface area (Å²) >= 11 is 3.67. The molecule has 9 aromatic rings. The first-order valence-corrected chi connectivity index (χ1v) is 15.3. The van der Waals surface area contributed by atoms with Gasteiger partial charge in [0.1, 0.15) is 0 Å². The minimum atomic E-state index is 0.714. The van der Waals surface area contributed by atoms with Gasteiger partial charge in [0.05, 0.1) is 26.9 Å². The Hall–Kier alpha value is -4.71. The Morgan fingerprint density at radius 3 is 2.15 bits per heavy atom. The van der Waals surface area contributed by atoms with E-state index in [9.17, 15) is 0 Å². The van der Waals surface area contributed by atoms with E-state index in [1.165, 1.54) is 62.6 Å². The summed E-state index contributed by atoms with van der Waals surface area (Å²) < 4.78 is 4.89. The molecule has 6 aromatic carbocycles. The zero-order chi connectivity index (χ0) is 26.7. The predicted molar refractivity (Wildman–Crippen MR) is 174 cm³/mol. The number of benzene rings is 6. The molecule has 0 radical (unpaired) electrons. The molecule has 0 saturated carbocycles. The van der Waals surface area contributed by atoms with Gasteiger partial charge in [-0.1, -0.05) is 96.7 Å². The standard InChI is InChI=1S/C36H19N3S2/c1-2-11-21-20(10-1)30-22-12-3-6-16-26(22)39(34(30)35-31(21)23-13-4-7-17-27(23)41-35)36-37-25-15-9-19-29-32(25)33(38-36)24-14-5-8-18-28(24)40-29/h1-19H. The Kier molecular flexibility index (Phi) is 4.27. The van der Waals surface area contributed by atoms with E-state index in [1.54, 1.807) is 11.8 Å². The number of hydrogen-bond acceptors (Lipinski definition) is 4. The molecule has 4 heterocycles. The lowest BCUT2D eigenvalue weighted by molar-refractivity contribution is 1.01. The fraction of sp³-hybridized carbons (Fsp3) is 0. The van der Waals surface area contributed by atoms with Crippen LogP contribution < -0.4 is 0 Å². The maximum absolute atomic E-state index is 5.40. The van der Waals surface area contributed by atoms with Gasteiger partial charge in [-0.05, 0) is 41.1 Å². The van der Waals surface area contributed by atoms with Gasteiger partial charge in [0.25, 0.3) is 0 Å². The molecule has 0 spiro atoms. The van der Waals surface area contributed by atoms with Gasteiger partial charge in [0.15, 0.2) is 0 Å². The van der Waals surface area contributed by atoms with Crippen molar-refractivity contribution in [2.75, 3.05) is 0 Å². The second kappa shape index (κ2) is 7.94. The first kappa shape index (κ1) is 22.0. The molecule has 1 aliphatic heterocycles. The van der Waals surface area contributed by atoms with E-state index < -0.39 is 0 Å². The molecular weight excluding hydrogens is 539 g/mol. The summed E-state index contributed by atoms with van der Waals surface area (Å²) in [6.07, 6.45) is 0. The van der Waals surface area contributed by atoms with Gasteiger partial charge < -0.3 is 0 Å². The van der Waals surface area contributed by atoms with Crippen LogP contribution in [0.5, 0.6) is 0 Å². The predicted octanol–water partition coefficient (Wildman–Crippen LogP) is 10.4. The number of thiophene rings is 1. The van der Waals surface area contributed by atoms with Crippen molar-refractivity contribution >= 4 is 86.8 Å². The molecule has 0 fully saturated rings. The summed E-state index contributed by atoms with van der Waals surface area (Å²) in [5, 5.41) is 8.78.